The number of rotatable bonds is 3. The molecule has 1 aliphatic rings. The smallest absolute Gasteiger partial charge is 0.0943 e. The number of thiazole rings is 1. The Morgan fingerprint density at radius 3 is 2.67 bits per heavy atom. The summed E-state index contributed by atoms with van der Waals surface area (Å²) in [5.74, 6) is 0. The summed E-state index contributed by atoms with van der Waals surface area (Å²) in [5.41, 5.74) is 1.20. The summed E-state index contributed by atoms with van der Waals surface area (Å²) in [6.45, 7) is 10.0. The van der Waals surface area contributed by atoms with E-state index in [1.807, 2.05) is 11.3 Å². The number of nitrogens with one attached hydrogen (secondary N) is 1. The molecule has 0 atom stereocenters. The second-order valence-electron chi connectivity index (χ2n) is 4.09. The molecule has 2 heterocycles. The first-order chi connectivity index (χ1) is 7.25. The van der Waals surface area contributed by atoms with Gasteiger partial charge in [-0.2, -0.15) is 0 Å². The fourth-order valence-corrected chi connectivity index (χ4v) is 2.76. The molecule has 1 saturated heterocycles. The van der Waals surface area contributed by atoms with Crippen LogP contribution in [0.1, 0.15) is 15.6 Å². The predicted octanol–water partition coefficient (Wildman–Crippen LogP) is 1.21. The van der Waals surface area contributed by atoms with Gasteiger partial charge in [0.05, 0.1) is 10.7 Å². The Morgan fingerprint density at radius 1 is 1.33 bits per heavy atom. The number of piperazine rings is 1. The van der Waals surface area contributed by atoms with Crippen LogP contribution >= 0.6 is 11.3 Å². The molecule has 1 aliphatic heterocycles. The summed E-state index contributed by atoms with van der Waals surface area (Å²) in [4.78, 5) is 8.45. The number of aromatic nitrogens is 1. The van der Waals surface area contributed by atoms with E-state index < -0.39 is 0 Å². The predicted molar refractivity (Wildman–Crippen MR) is 64.6 cm³/mol. The molecule has 1 aromatic rings. The molecule has 1 aromatic heterocycles. The summed E-state index contributed by atoms with van der Waals surface area (Å²) < 4.78 is 0. The first kappa shape index (κ1) is 11.0. The van der Waals surface area contributed by atoms with E-state index in [2.05, 4.69) is 29.0 Å². The van der Waals surface area contributed by atoms with Gasteiger partial charge in [-0.15, -0.1) is 11.3 Å². The molecule has 1 fully saturated rings. The van der Waals surface area contributed by atoms with E-state index in [0.717, 1.165) is 26.1 Å². The van der Waals surface area contributed by atoms with Gasteiger partial charge in [-0.3, -0.25) is 0 Å². The normalized spacial score (nSPS) is 18.3. The number of hydrogen-bond acceptors (Lipinski definition) is 4. The summed E-state index contributed by atoms with van der Waals surface area (Å²) in [6.07, 6.45) is 1.11. The van der Waals surface area contributed by atoms with E-state index in [0.29, 0.717) is 0 Å². The third-order valence-electron chi connectivity index (χ3n) is 2.92. The molecule has 15 heavy (non-hydrogen) atoms. The van der Waals surface area contributed by atoms with Crippen LogP contribution < -0.4 is 5.32 Å². The molecule has 4 heteroatoms. The van der Waals surface area contributed by atoms with Crippen molar-refractivity contribution in [3.8, 4) is 0 Å². The minimum atomic E-state index is 1.11. The molecule has 0 unspecified atom stereocenters. The lowest BCUT2D eigenvalue weighted by Crippen LogP contribution is -2.44. The van der Waals surface area contributed by atoms with Gasteiger partial charge in [-0.25, -0.2) is 4.98 Å². The molecule has 84 valence electrons. The Kier molecular flexibility index (Phi) is 3.72. The van der Waals surface area contributed by atoms with Gasteiger partial charge in [0.2, 0.25) is 0 Å². The van der Waals surface area contributed by atoms with E-state index in [1.165, 1.54) is 28.7 Å². The molecule has 0 spiro atoms. The van der Waals surface area contributed by atoms with E-state index in [4.69, 9.17) is 0 Å². The van der Waals surface area contributed by atoms with E-state index in [1.54, 1.807) is 0 Å². The van der Waals surface area contributed by atoms with Crippen molar-refractivity contribution in [1.82, 2.24) is 15.2 Å². The minimum absolute atomic E-state index is 1.11. The fraction of sp³-hybridized carbons (Fsp3) is 0.727. The van der Waals surface area contributed by atoms with Crippen molar-refractivity contribution in [2.24, 2.45) is 0 Å². The number of nitrogens with zero attached hydrogens (tertiary/aromatic N) is 2. The maximum atomic E-state index is 4.57. The van der Waals surface area contributed by atoms with Crippen LogP contribution in [0, 0.1) is 13.8 Å². The molecule has 1 N–H and O–H groups in total. The topological polar surface area (TPSA) is 28.2 Å². The van der Waals surface area contributed by atoms with Gasteiger partial charge in [0.25, 0.3) is 0 Å². The van der Waals surface area contributed by atoms with Crippen molar-refractivity contribution in [3.05, 3.63) is 15.6 Å². The van der Waals surface area contributed by atoms with Crippen molar-refractivity contribution in [2.75, 3.05) is 32.7 Å². The second kappa shape index (κ2) is 5.05. The highest BCUT2D eigenvalue weighted by Crippen LogP contribution is 2.17. The Bertz CT molecular complexity index is 296. The SMILES string of the molecule is Cc1nc(CCN2CCNCC2)sc1C. The minimum Gasteiger partial charge on any atom is -0.314 e. The standard InChI is InChI=1S/C11H19N3S/c1-9-10(2)15-11(13-9)3-6-14-7-4-12-5-8-14/h12H,3-8H2,1-2H3. The highest BCUT2D eigenvalue weighted by Gasteiger charge is 2.10. The first-order valence-electron chi connectivity index (χ1n) is 5.61. The van der Waals surface area contributed by atoms with Crippen LogP contribution in [0.2, 0.25) is 0 Å². The molecule has 0 bridgehead atoms. The van der Waals surface area contributed by atoms with Gasteiger partial charge < -0.3 is 10.2 Å². The number of hydrogen-bond donors (Lipinski definition) is 1. The molecular formula is C11H19N3S. The molecule has 2 rings (SSSR count). The van der Waals surface area contributed by atoms with Crippen molar-refractivity contribution in [2.45, 2.75) is 20.3 Å². The van der Waals surface area contributed by atoms with Gasteiger partial charge in [-0.1, -0.05) is 0 Å². The van der Waals surface area contributed by atoms with E-state index in [-0.39, 0.29) is 0 Å². The van der Waals surface area contributed by atoms with Crippen LogP contribution in [0.3, 0.4) is 0 Å². The van der Waals surface area contributed by atoms with E-state index >= 15 is 0 Å². The fourth-order valence-electron chi connectivity index (χ4n) is 1.83. The van der Waals surface area contributed by atoms with Crippen LogP contribution in [0.5, 0.6) is 0 Å². The average Bonchev–Trinajstić information content (AvgIpc) is 2.57. The van der Waals surface area contributed by atoms with Gasteiger partial charge in [-0.05, 0) is 13.8 Å². The van der Waals surface area contributed by atoms with Crippen molar-refractivity contribution in [1.29, 1.82) is 0 Å². The Balaban J connectivity index is 1.81. The van der Waals surface area contributed by atoms with Crippen LogP contribution in [-0.4, -0.2) is 42.6 Å². The maximum Gasteiger partial charge on any atom is 0.0943 e. The quantitative estimate of drug-likeness (QED) is 0.838. The molecule has 3 nitrogen and oxygen atoms in total. The zero-order valence-corrected chi connectivity index (χ0v) is 10.4. The van der Waals surface area contributed by atoms with E-state index in [9.17, 15) is 0 Å². The zero-order valence-electron chi connectivity index (χ0n) is 9.55. The molecule has 0 aliphatic carbocycles. The van der Waals surface area contributed by atoms with Crippen LogP contribution in [-0.2, 0) is 6.42 Å². The van der Waals surface area contributed by atoms with Gasteiger partial charge in [0.15, 0.2) is 0 Å². The third-order valence-corrected chi connectivity index (χ3v) is 4.06. The van der Waals surface area contributed by atoms with Gasteiger partial charge >= 0.3 is 0 Å². The largest absolute Gasteiger partial charge is 0.314 e. The summed E-state index contributed by atoms with van der Waals surface area (Å²) in [7, 11) is 0. The molecular weight excluding hydrogens is 206 g/mol. The number of aryl methyl sites for hydroxylation is 2. The maximum absolute atomic E-state index is 4.57. The molecule has 0 amide bonds. The Morgan fingerprint density at radius 2 is 2.07 bits per heavy atom. The highest BCUT2D eigenvalue weighted by molar-refractivity contribution is 7.11. The third kappa shape index (κ3) is 3.00. The second-order valence-corrected chi connectivity index (χ2v) is 5.38. The summed E-state index contributed by atoms with van der Waals surface area (Å²) in [5, 5.41) is 4.67. The summed E-state index contributed by atoms with van der Waals surface area (Å²) >= 11 is 1.85. The molecule has 0 aromatic carbocycles. The lowest BCUT2D eigenvalue weighted by Gasteiger charge is -2.26. The molecule has 0 radical (unpaired) electrons. The lowest BCUT2D eigenvalue weighted by atomic mass is 10.3. The zero-order chi connectivity index (χ0) is 10.7. The monoisotopic (exact) mass is 225 g/mol. The van der Waals surface area contributed by atoms with Crippen LogP contribution in [0.25, 0.3) is 0 Å². The average molecular weight is 225 g/mol. The molecule has 0 saturated carbocycles. The Hall–Kier alpha value is -0.450. The highest BCUT2D eigenvalue weighted by atomic mass is 32.1. The van der Waals surface area contributed by atoms with Crippen LogP contribution in [0.4, 0.5) is 0 Å². The van der Waals surface area contributed by atoms with Crippen molar-refractivity contribution >= 4 is 11.3 Å². The first-order valence-corrected chi connectivity index (χ1v) is 6.43. The van der Waals surface area contributed by atoms with Crippen molar-refractivity contribution in [3.63, 3.8) is 0 Å². The van der Waals surface area contributed by atoms with Crippen molar-refractivity contribution < 1.29 is 0 Å². The Labute approximate surface area is 95.5 Å². The lowest BCUT2D eigenvalue weighted by molar-refractivity contribution is 0.244. The summed E-state index contributed by atoms with van der Waals surface area (Å²) in [6, 6.07) is 0. The van der Waals surface area contributed by atoms with Gasteiger partial charge in [0.1, 0.15) is 0 Å². The van der Waals surface area contributed by atoms with Gasteiger partial charge in [0, 0.05) is 44.0 Å². The van der Waals surface area contributed by atoms with Crippen LogP contribution in [0.15, 0.2) is 0 Å².